The number of rotatable bonds is 10. The van der Waals surface area contributed by atoms with Crippen LogP contribution in [-0.2, 0) is 13.1 Å². The summed E-state index contributed by atoms with van der Waals surface area (Å²) in [6, 6.07) is 3.62. The Kier molecular flexibility index (Phi) is 7.46. The first-order valence-electron chi connectivity index (χ1n) is 8.15. The van der Waals surface area contributed by atoms with Crippen molar-refractivity contribution in [2.24, 2.45) is 0 Å². The lowest BCUT2D eigenvalue weighted by atomic mass is 10.2. The Morgan fingerprint density at radius 1 is 1.24 bits per heavy atom. The van der Waals surface area contributed by atoms with Gasteiger partial charge in [-0.25, -0.2) is 4.98 Å². The molecule has 0 saturated carbocycles. The summed E-state index contributed by atoms with van der Waals surface area (Å²) >= 11 is 6.30. The number of nitrogens with one attached hydrogen (secondary N) is 1. The van der Waals surface area contributed by atoms with Gasteiger partial charge >= 0.3 is 6.55 Å². The smallest absolute Gasteiger partial charge is 0.319 e. The number of imidazole rings is 1. The minimum atomic E-state index is -2.60. The number of halogens is 3. The third kappa shape index (κ3) is 5.31. The van der Waals surface area contributed by atoms with Crippen molar-refractivity contribution in [3.63, 3.8) is 0 Å². The molecule has 0 bridgehead atoms. The SMILES string of the molecule is CCCOc1c(Cl)cc(CNCc2nccn2C(F)F)cc1OCC. The molecule has 1 heterocycles. The molecule has 0 aliphatic carbocycles. The van der Waals surface area contributed by atoms with E-state index >= 15 is 0 Å². The summed E-state index contributed by atoms with van der Waals surface area (Å²) in [6.45, 7) is 2.97. The molecule has 0 radical (unpaired) electrons. The number of nitrogens with zero attached hydrogens (tertiary/aromatic N) is 2. The van der Waals surface area contributed by atoms with Gasteiger partial charge in [0.1, 0.15) is 5.82 Å². The number of aromatic nitrogens is 2. The predicted molar refractivity (Wildman–Crippen MR) is 92.4 cm³/mol. The zero-order valence-corrected chi connectivity index (χ0v) is 15.0. The van der Waals surface area contributed by atoms with E-state index in [1.807, 2.05) is 19.9 Å². The average Bonchev–Trinajstić information content (AvgIpc) is 3.03. The summed E-state index contributed by atoms with van der Waals surface area (Å²) in [6.07, 6.45) is 3.47. The summed E-state index contributed by atoms with van der Waals surface area (Å²) in [5.74, 6) is 1.38. The molecule has 0 fully saturated rings. The molecule has 0 aliphatic heterocycles. The molecule has 8 heteroatoms. The molecule has 0 amide bonds. The Balaban J connectivity index is 2.05. The Labute approximate surface area is 150 Å². The highest BCUT2D eigenvalue weighted by Gasteiger charge is 2.14. The Morgan fingerprint density at radius 3 is 2.72 bits per heavy atom. The monoisotopic (exact) mass is 373 g/mol. The minimum absolute atomic E-state index is 0.215. The maximum Gasteiger partial charge on any atom is 0.319 e. The van der Waals surface area contributed by atoms with Crippen LogP contribution in [0, 0.1) is 0 Å². The molecule has 1 aromatic carbocycles. The van der Waals surface area contributed by atoms with Gasteiger partial charge in [-0.3, -0.25) is 4.57 Å². The quantitative estimate of drug-likeness (QED) is 0.670. The van der Waals surface area contributed by atoms with Gasteiger partial charge in [0.2, 0.25) is 0 Å². The largest absolute Gasteiger partial charge is 0.490 e. The number of alkyl halides is 2. The second-order valence-electron chi connectivity index (χ2n) is 5.32. The Hall–Kier alpha value is -1.86. The van der Waals surface area contributed by atoms with E-state index in [2.05, 4.69) is 10.3 Å². The maximum atomic E-state index is 12.8. The second kappa shape index (κ2) is 9.58. The minimum Gasteiger partial charge on any atom is -0.490 e. The normalized spacial score (nSPS) is 11.1. The first kappa shape index (κ1) is 19.5. The molecule has 0 unspecified atom stereocenters. The number of hydrogen-bond acceptors (Lipinski definition) is 4. The number of benzene rings is 1. The van der Waals surface area contributed by atoms with Gasteiger partial charge in [-0.2, -0.15) is 8.78 Å². The second-order valence-corrected chi connectivity index (χ2v) is 5.73. The first-order valence-corrected chi connectivity index (χ1v) is 8.53. The van der Waals surface area contributed by atoms with Gasteiger partial charge in [0.25, 0.3) is 0 Å². The van der Waals surface area contributed by atoms with Crippen LogP contribution < -0.4 is 14.8 Å². The summed E-state index contributed by atoms with van der Waals surface area (Å²) in [7, 11) is 0. The summed E-state index contributed by atoms with van der Waals surface area (Å²) in [5.41, 5.74) is 0.868. The fraction of sp³-hybridized carbons (Fsp3) is 0.471. The van der Waals surface area contributed by atoms with Crippen molar-refractivity contribution >= 4 is 11.6 Å². The zero-order valence-electron chi connectivity index (χ0n) is 14.3. The third-order valence-electron chi connectivity index (χ3n) is 3.39. The van der Waals surface area contributed by atoms with Crippen LogP contribution in [0.2, 0.25) is 5.02 Å². The van der Waals surface area contributed by atoms with Gasteiger partial charge in [0, 0.05) is 18.9 Å². The predicted octanol–water partition coefficient (Wildman–Crippen LogP) is 4.41. The molecule has 0 aliphatic rings. The summed E-state index contributed by atoms with van der Waals surface area (Å²) in [5, 5.41) is 3.55. The van der Waals surface area contributed by atoms with Crippen molar-refractivity contribution in [2.45, 2.75) is 39.9 Å². The standard InChI is InChI=1S/C17H22ClF2N3O2/c1-3-7-25-16-13(18)8-12(9-14(16)24-4-2)10-21-11-15-22-5-6-23(15)17(19)20/h5-6,8-9,17,21H,3-4,7,10-11H2,1-2H3. The van der Waals surface area contributed by atoms with Gasteiger partial charge in [-0.05, 0) is 31.0 Å². The number of hydrogen-bond donors (Lipinski definition) is 1. The van der Waals surface area contributed by atoms with Crippen molar-refractivity contribution in [3.8, 4) is 11.5 Å². The lowest BCUT2D eigenvalue weighted by molar-refractivity contribution is 0.0666. The van der Waals surface area contributed by atoms with Crippen molar-refractivity contribution in [2.75, 3.05) is 13.2 Å². The van der Waals surface area contributed by atoms with Crippen LogP contribution in [0.15, 0.2) is 24.5 Å². The van der Waals surface area contributed by atoms with E-state index in [9.17, 15) is 8.78 Å². The highest BCUT2D eigenvalue weighted by atomic mass is 35.5. The van der Waals surface area contributed by atoms with Crippen LogP contribution in [0.4, 0.5) is 8.78 Å². The molecule has 1 aromatic heterocycles. The van der Waals surface area contributed by atoms with Crippen molar-refractivity contribution < 1.29 is 18.3 Å². The lowest BCUT2D eigenvalue weighted by Gasteiger charge is -2.15. The average molecular weight is 374 g/mol. The summed E-state index contributed by atoms with van der Waals surface area (Å²) < 4.78 is 37.7. The Bertz CT molecular complexity index is 680. The van der Waals surface area contributed by atoms with Gasteiger partial charge in [0.15, 0.2) is 11.5 Å². The molecular weight excluding hydrogens is 352 g/mol. The fourth-order valence-electron chi connectivity index (χ4n) is 2.31. The molecule has 0 spiro atoms. The Morgan fingerprint density at radius 2 is 2.04 bits per heavy atom. The van der Waals surface area contributed by atoms with E-state index < -0.39 is 6.55 Å². The fourth-order valence-corrected chi connectivity index (χ4v) is 2.60. The molecule has 0 saturated heterocycles. The molecule has 1 N–H and O–H groups in total. The molecule has 138 valence electrons. The van der Waals surface area contributed by atoms with E-state index in [-0.39, 0.29) is 12.4 Å². The van der Waals surface area contributed by atoms with Gasteiger partial charge in [-0.15, -0.1) is 0 Å². The van der Waals surface area contributed by atoms with E-state index in [1.165, 1.54) is 12.4 Å². The highest BCUT2D eigenvalue weighted by molar-refractivity contribution is 6.32. The molecular formula is C17H22ClF2N3O2. The first-order chi connectivity index (χ1) is 12.1. The topological polar surface area (TPSA) is 48.3 Å². The van der Waals surface area contributed by atoms with Crippen LogP contribution in [0.5, 0.6) is 11.5 Å². The molecule has 0 atom stereocenters. The molecule has 2 aromatic rings. The zero-order chi connectivity index (χ0) is 18.2. The van der Waals surface area contributed by atoms with Crippen LogP contribution >= 0.6 is 11.6 Å². The number of ether oxygens (including phenoxy) is 2. The van der Waals surface area contributed by atoms with Crippen LogP contribution in [0.1, 0.15) is 38.2 Å². The van der Waals surface area contributed by atoms with E-state index in [0.717, 1.165) is 16.6 Å². The third-order valence-corrected chi connectivity index (χ3v) is 3.67. The summed E-state index contributed by atoms with van der Waals surface area (Å²) in [4.78, 5) is 3.93. The highest BCUT2D eigenvalue weighted by Crippen LogP contribution is 2.36. The van der Waals surface area contributed by atoms with Crippen LogP contribution in [-0.4, -0.2) is 22.8 Å². The molecule has 2 rings (SSSR count). The van der Waals surface area contributed by atoms with E-state index in [1.54, 1.807) is 6.07 Å². The molecule has 5 nitrogen and oxygen atoms in total. The van der Waals surface area contributed by atoms with Crippen molar-refractivity contribution in [1.82, 2.24) is 14.9 Å². The van der Waals surface area contributed by atoms with Crippen LogP contribution in [0.25, 0.3) is 0 Å². The molecule has 25 heavy (non-hydrogen) atoms. The van der Waals surface area contributed by atoms with E-state index in [0.29, 0.717) is 36.3 Å². The van der Waals surface area contributed by atoms with Crippen molar-refractivity contribution in [3.05, 3.63) is 40.9 Å². The van der Waals surface area contributed by atoms with E-state index in [4.69, 9.17) is 21.1 Å². The van der Waals surface area contributed by atoms with Gasteiger partial charge in [0.05, 0.1) is 24.8 Å². The van der Waals surface area contributed by atoms with Crippen molar-refractivity contribution in [1.29, 1.82) is 0 Å². The van der Waals surface area contributed by atoms with Gasteiger partial charge in [-0.1, -0.05) is 18.5 Å². The lowest BCUT2D eigenvalue weighted by Crippen LogP contribution is -2.17. The maximum absolute atomic E-state index is 12.8. The van der Waals surface area contributed by atoms with Gasteiger partial charge < -0.3 is 14.8 Å². The van der Waals surface area contributed by atoms with Crippen LogP contribution in [0.3, 0.4) is 0 Å².